The third-order valence-corrected chi connectivity index (χ3v) is 3.70. The van der Waals surface area contributed by atoms with Gasteiger partial charge in [-0.15, -0.1) is 0 Å². The molecule has 0 heterocycles. The highest BCUT2D eigenvalue weighted by Crippen LogP contribution is 2.13. The Morgan fingerprint density at radius 1 is 1.05 bits per heavy atom. The van der Waals surface area contributed by atoms with Crippen LogP contribution in [0.1, 0.15) is 11.1 Å². The third-order valence-electron chi connectivity index (χ3n) is 2.92. The first kappa shape index (κ1) is 15.0. The Morgan fingerprint density at radius 3 is 2.35 bits per heavy atom. The second kappa shape index (κ2) is 7.41. The Hall–Kier alpha value is -1.39. The molecule has 0 saturated heterocycles. The molecule has 4 heteroatoms. The molecule has 0 aliphatic carbocycles. The van der Waals surface area contributed by atoms with Crippen molar-refractivity contribution in [1.29, 1.82) is 0 Å². The predicted molar refractivity (Wildman–Crippen MR) is 93.2 cm³/mol. The van der Waals surface area contributed by atoms with Crippen molar-refractivity contribution in [2.75, 3.05) is 11.9 Å². The smallest absolute Gasteiger partial charge is 0.170 e. The Bertz CT molecular complexity index is 564. The molecule has 20 heavy (non-hydrogen) atoms. The molecule has 0 radical (unpaired) electrons. The summed E-state index contributed by atoms with van der Waals surface area (Å²) in [5.41, 5.74) is 3.59. The molecule has 104 valence electrons. The normalized spacial score (nSPS) is 10.1. The molecule has 0 atom stereocenters. The summed E-state index contributed by atoms with van der Waals surface area (Å²) >= 11 is 8.68. The molecule has 0 aliphatic rings. The minimum Gasteiger partial charge on any atom is -0.362 e. The van der Waals surface area contributed by atoms with Crippen molar-refractivity contribution in [3.05, 3.63) is 64.1 Å². The zero-order valence-electron chi connectivity index (χ0n) is 11.3. The van der Waals surface area contributed by atoms with Crippen LogP contribution in [0, 0.1) is 6.92 Å². The number of benzene rings is 2. The van der Waals surface area contributed by atoms with Gasteiger partial charge in [0, 0.05) is 16.7 Å². The number of nitrogens with one attached hydrogen (secondary N) is 2. The van der Waals surface area contributed by atoms with E-state index in [9.17, 15) is 0 Å². The summed E-state index contributed by atoms with van der Waals surface area (Å²) in [6.07, 6.45) is 0.961. The van der Waals surface area contributed by atoms with E-state index < -0.39 is 0 Å². The van der Waals surface area contributed by atoms with Crippen LogP contribution in [0.25, 0.3) is 0 Å². The molecule has 0 saturated carbocycles. The third kappa shape index (κ3) is 4.94. The maximum absolute atomic E-state index is 5.27. The molecule has 0 fully saturated rings. The van der Waals surface area contributed by atoms with Gasteiger partial charge in [-0.25, -0.2) is 0 Å². The van der Waals surface area contributed by atoms with E-state index in [0.717, 1.165) is 23.1 Å². The van der Waals surface area contributed by atoms with Crippen molar-refractivity contribution in [3.8, 4) is 0 Å². The van der Waals surface area contributed by atoms with Gasteiger partial charge in [-0.1, -0.05) is 45.8 Å². The van der Waals surface area contributed by atoms with Crippen LogP contribution in [-0.2, 0) is 6.42 Å². The number of hydrogen-bond acceptors (Lipinski definition) is 1. The molecule has 0 aliphatic heterocycles. The van der Waals surface area contributed by atoms with E-state index in [1.54, 1.807) is 0 Å². The molecule has 0 aromatic heterocycles. The lowest BCUT2D eigenvalue weighted by Gasteiger charge is -2.10. The van der Waals surface area contributed by atoms with Crippen molar-refractivity contribution in [1.82, 2.24) is 5.32 Å². The number of anilines is 1. The minimum absolute atomic E-state index is 0.652. The maximum atomic E-state index is 5.27. The van der Waals surface area contributed by atoms with E-state index in [4.69, 9.17) is 12.2 Å². The van der Waals surface area contributed by atoms with Gasteiger partial charge >= 0.3 is 0 Å². The molecule has 2 aromatic carbocycles. The van der Waals surface area contributed by atoms with Gasteiger partial charge in [-0.2, -0.15) is 0 Å². The fourth-order valence-electron chi connectivity index (χ4n) is 1.78. The van der Waals surface area contributed by atoms with Crippen LogP contribution >= 0.6 is 28.1 Å². The first-order valence-corrected chi connectivity index (χ1v) is 7.69. The van der Waals surface area contributed by atoms with Crippen LogP contribution in [0.4, 0.5) is 5.69 Å². The Kier molecular flexibility index (Phi) is 5.56. The second-order valence-electron chi connectivity index (χ2n) is 4.62. The van der Waals surface area contributed by atoms with E-state index >= 15 is 0 Å². The molecule has 0 spiro atoms. The van der Waals surface area contributed by atoms with E-state index in [2.05, 4.69) is 57.8 Å². The fourth-order valence-corrected chi connectivity index (χ4v) is 2.27. The average molecular weight is 349 g/mol. The van der Waals surface area contributed by atoms with Crippen molar-refractivity contribution < 1.29 is 0 Å². The van der Waals surface area contributed by atoms with Gasteiger partial charge in [0.25, 0.3) is 0 Å². The van der Waals surface area contributed by atoms with Gasteiger partial charge in [0.2, 0.25) is 0 Å². The Labute approximate surface area is 133 Å². The molecule has 0 unspecified atom stereocenters. The lowest BCUT2D eigenvalue weighted by atomic mass is 10.1. The molecular formula is C16H17BrN2S. The molecule has 2 aromatic rings. The molecular weight excluding hydrogens is 332 g/mol. The second-order valence-corrected chi connectivity index (χ2v) is 5.95. The van der Waals surface area contributed by atoms with Crippen LogP contribution in [0.2, 0.25) is 0 Å². The monoisotopic (exact) mass is 348 g/mol. The van der Waals surface area contributed by atoms with E-state index in [-0.39, 0.29) is 0 Å². The molecule has 0 bridgehead atoms. The van der Waals surface area contributed by atoms with Crippen LogP contribution in [-0.4, -0.2) is 11.7 Å². The summed E-state index contributed by atoms with van der Waals surface area (Å²) in [5, 5.41) is 7.03. The van der Waals surface area contributed by atoms with Crippen LogP contribution in [0.3, 0.4) is 0 Å². The van der Waals surface area contributed by atoms with Crippen molar-refractivity contribution in [2.24, 2.45) is 0 Å². The summed E-state index contributed by atoms with van der Waals surface area (Å²) in [4.78, 5) is 0. The number of thiocarbonyl (C=S) groups is 1. The van der Waals surface area contributed by atoms with E-state index in [1.807, 2.05) is 24.3 Å². The topological polar surface area (TPSA) is 24.1 Å². The van der Waals surface area contributed by atoms with Crippen LogP contribution < -0.4 is 10.6 Å². The van der Waals surface area contributed by atoms with Gasteiger partial charge in [0.05, 0.1) is 0 Å². The standard InChI is InChI=1S/C16H17BrN2S/c1-12-2-4-13(5-3-12)10-11-18-16(20)19-15-8-6-14(17)7-9-15/h2-9H,10-11H2,1H3,(H2,18,19,20). The van der Waals surface area contributed by atoms with E-state index in [1.165, 1.54) is 11.1 Å². The summed E-state index contributed by atoms with van der Waals surface area (Å²) in [6.45, 7) is 2.92. The van der Waals surface area contributed by atoms with Gasteiger partial charge in [-0.05, 0) is 55.4 Å². The van der Waals surface area contributed by atoms with Crippen LogP contribution in [0.15, 0.2) is 53.0 Å². The van der Waals surface area contributed by atoms with Gasteiger partial charge in [0.1, 0.15) is 0 Å². The number of aryl methyl sites for hydroxylation is 1. The van der Waals surface area contributed by atoms with Crippen molar-refractivity contribution in [3.63, 3.8) is 0 Å². The lowest BCUT2D eigenvalue weighted by molar-refractivity contribution is 0.873. The highest BCUT2D eigenvalue weighted by molar-refractivity contribution is 9.10. The summed E-state index contributed by atoms with van der Waals surface area (Å²) in [7, 11) is 0. The molecule has 2 nitrogen and oxygen atoms in total. The van der Waals surface area contributed by atoms with Crippen LogP contribution in [0.5, 0.6) is 0 Å². The SMILES string of the molecule is Cc1ccc(CCNC(=S)Nc2ccc(Br)cc2)cc1. The number of halogens is 1. The first-order valence-electron chi connectivity index (χ1n) is 6.49. The predicted octanol–water partition coefficient (Wildman–Crippen LogP) is 4.29. The van der Waals surface area contributed by atoms with Gasteiger partial charge in [0.15, 0.2) is 5.11 Å². The molecule has 2 N–H and O–H groups in total. The summed E-state index contributed by atoms with van der Waals surface area (Å²) < 4.78 is 1.06. The summed E-state index contributed by atoms with van der Waals surface area (Å²) in [5.74, 6) is 0. The van der Waals surface area contributed by atoms with Gasteiger partial charge < -0.3 is 10.6 Å². The molecule has 2 rings (SSSR count). The number of hydrogen-bond donors (Lipinski definition) is 2. The Morgan fingerprint density at radius 2 is 1.70 bits per heavy atom. The fraction of sp³-hybridized carbons (Fsp3) is 0.188. The zero-order valence-corrected chi connectivity index (χ0v) is 13.7. The lowest BCUT2D eigenvalue weighted by Crippen LogP contribution is -2.30. The molecule has 0 amide bonds. The summed E-state index contributed by atoms with van der Waals surface area (Å²) in [6, 6.07) is 16.5. The maximum Gasteiger partial charge on any atom is 0.170 e. The first-order chi connectivity index (χ1) is 9.63. The van der Waals surface area contributed by atoms with E-state index in [0.29, 0.717) is 5.11 Å². The quantitative estimate of drug-likeness (QED) is 0.806. The highest BCUT2D eigenvalue weighted by atomic mass is 79.9. The van der Waals surface area contributed by atoms with Crippen molar-refractivity contribution >= 4 is 38.9 Å². The van der Waals surface area contributed by atoms with Gasteiger partial charge in [-0.3, -0.25) is 0 Å². The largest absolute Gasteiger partial charge is 0.362 e. The Balaban J connectivity index is 1.75. The van der Waals surface area contributed by atoms with Crippen molar-refractivity contribution in [2.45, 2.75) is 13.3 Å². The number of rotatable bonds is 4. The zero-order chi connectivity index (χ0) is 14.4. The highest BCUT2D eigenvalue weighted by Gasteiger charge is 1.98. The minimum atomic E-state index is 0.652. The average Bonchev–Trinajstić information content (AvgIpc) is 2.44.